The van der Waals surface area contributed by atoms with Gasteiger partial charge in [0.05, 0.1) is 13.5 Å². The van der Waals surface area contributed by atoms with E-state index < -0.39 is 0 Å². The van der Waals surface area contributed by atoms with E-state index in [1.165, 1.54) is 32.1 Å². The number of fused-ring (bicyclic) bond motifs is 4. The minimum atomic E-state index is -0.0263. The summed E-state index contributed by atoms with van der Waals surface area (Å²) < 4.78 is 5.10. The van der Waals surface area contributed by atoms with E-state index in [1.807, 2.05) is 0 Å². The number of carbonyl (C=O) groups excluding carboxylic acids is 1. The molecule has 172 valence electrons. The summed E-state index contributed by atoms with van der Waals surface area (Å²) in [7, 11) is 1.55. The first kappa shape index (κ1) is 22.1. The van der Waals surface area contributed by atoms with Crippen molar-refractivity contribution in [1.29, 1.82) is 0 Å². The molecule has 4 bridgehead atoms. The average molecular weight is 424 g/mol. The van der Waals surface area contributed by atoms with Crippen molar-refractivity contribution in [1.82, 2.24) is 0 Å². The van der Waals surface area contributed by atoms with Gasteiger partial charge in [0.1, 0.15) is 0 Å². The van der Waals surface area contributed by atoms with Crippen molar-refractivity contribution in [3.8, 4) is 0 Å². The normalized spacial score (nSPS) is 48.5. The molecule has 7 aliphatic carbocycles. The summed E-state index contributed by atoms with van der Waals surface area (Å²) in [5, 5.41) is 0. The lowest BCUT2D eigenvalue weighted by Crippen LogP contribution is -2.60. The van der Waals surface area contributed by atoms with Crippen molar-refractivity contribution in [2.45, 2.75) is 97.5 Å². The maximum absolute atomic E-state index is 12.2. The lowest BCUT2D eigenvalue weighted by atomic mass is 9.17. The van der Waals surface area contributed by atoms with Crippen molar-refractivity contribution in [3.05, 3.63) is 12.2 Å². The van der Waals surface area contributed by atoms with Gasteiger partial charge in [-0.05, 0) is 71.5 Å². The van der Waals surface area contributed by atoms with Crippen LogP contribution >= 0.6 is 0 Å². The molecule has 0 heterocycles. The fourth-order valence-corrected chi connectivity index (χ4v) is 10.0. The summed E-state index contributed by atoms with van der Waals surface area (Å²) in [6, 6.07) is 0. The van der Waals surface area contributed by atoms with Crippen LogP contribution in [-0.2, 0) is 9.53 Å². The van der Waals surface area contributed by atoms with Crippen LogP contribution in [0.3, 0.4) is 0 Å². The Kier molecular flexibility index (Phi) is 5.27. The Morgan fingerprint density at radius 3 is 1.84 bits per heavy atom. The highest BCUT2D eigenvalue weighted by atomic mass is 16.5. The minimum Gasteiger partial charge on any atom is -0.469 e. The van der Waals surface area contributed by atoms with Crippen LogP contribution in [-0.4, -0.2) is 19.8 Å². The molecule has 7 rings (SSSR count). The molecule has 6 saturated carbocycles. The molecule has 7 aliphatic rings. The third-order valence-corrected chi connectivity index (χ3v) is 12.3. The van der Waals surface area contributed by atoms with Crippen LogP contribution in [0.25, 0.3) is 0 Å². The monoisotopic (exact) mass is 424 g/mol. The Labute approximate surface area is 191 Å². The van der Waals surface area contributed by atoms with Crippen molar-refractivity contribution >= 4 is 12.7 Å². The van der Waals surface area contributed by atoms with E-state index in [0.29, 0.717) is 29.0 Å². The molecule has 3 heteroatoms. The Hall–Kier alpha value is -0.725. The van der Waals surface area contributed by atoms with Gasteiger partial charge < -0.3 is 4.74 Å². The minimum absolute atomic E-state index is 0.0263. The summed E-state index contributed by atoms with van der Waals surface area (Å²) in [5.74, 6) is 7.96. The zero-order valence-corrected chi connectivity index (χ0v) is 21.1. The second-order valence-electron chi connectivity index (χ2n) is 13.6. The lowest BCUT2D eigenvalue weighted by molar-refractivity contribution is -0.141. The van der Waals surface area contributed by atoms with Gasteiger partial charge in [-0.3, -0.25) is 4.79 Å². The summed E-state index contributed by atoms with van der Waals surface area (Å²) in [5.41, 5.74) is 1.09. The number of allylic oxidation sites excluding steroid dienone is 2. The molecule has 0 spiro atoms. The van der Waals surface area contributed by atoms with Crippen molar-refractivity contribution in [2.75, 3.05) is 7.11 Å². The highest BCUT2D eigenvalue weighted by Crippen LogP contribution is 2.71. The van der Waals surface area contributed by atoms with Crippen LogP contribution < -0.4 is 0 Å². The first-order valence-electron chi connectivity index (χ1n) is 13.3. The molecule has 0 saturated heterocycles. The molecular weight excluding hydrogens is 379 g/mol. The molecule has 6 fully saturated rings. The summed E-state index contributed by atoms with van der Waals surface area (Å²) in [4.78, 5) is 12.2. The van der Waals surface area contributed by atoms with Gasteiger partial charge in [-0.1, -0.05) is 84.0 Å². The van der Waals surface area contributed by atoms with E-state index in [0.717, 1.165) is 53.9 Å². The molecule has 0 amide bonds. The zero-order valence-electron chi connectivity index (χ0n) is 21.1. The largest absolute Gasteiger partial charge is 0.469 e. The van der Waals surface area contributed by atoms with Gasteiger partial charge in [0.15, 0.2) is 6.71 Å². The molecule has 0 aromatic carbocycles. The number of rotatable bonds is 5. The average Bonchev–Trinajstić information content (AvgIpc) is 3.16. The standard InChI is InChI=1S/C28H45BO2/c1-16-21-12-19(27(21,3)4)14-24(16)29(23-10-8-9-18(23)11-26(30)31-7)25-15-20-13-22(17(25)2)28(20,5)6/h8-9,16-25H,10-15H2,1-7H3/t16-,17-,18?,19-,20-,21-,22-,23?,24+,25+/m1/s1. The quantitative estimate of drug-likeness (QED) is 0.266. The molecular formula is C28H45BO2. The Bertz CT molecular complexity index is 712. The molecule has 0 N–H and O–H groups in total. The zero-order chi connectivity index (χ0) is 22.3. The Morgan fingerprint density at radius 1 is 0.903 bits per heavy atom. The van der Waals surface area contributed by atoms with E-state index in [1.54, 1.807) is 7.11 Å². The first-order chi connectivity index (χ1) is 14.6. The molecule has 2 nitrogen and oxygen atoms in total. The number of methoxy groups -OCH3 is 1. The summed E-state index contributed by atoms with van der Waals surface area (Å²) in [6.45, 7) is 16.1. The second-order valence-corrected chi connectivity index (χ2v) is 13.6. The van der Waals surface area contributed by atoms with Gasteiger partial charge >= 0.3 is 5.97 Å². The fraction of sp³-hybridized carbons (Fsp3) is 0.893. The lowest BCUT2D eigenvalue weighted by Gasteiger charge is -2.67. The second kappa shape index (κ2) is 7.39. The molecule has 0 aliphatic heterocycles. The van der Waals surface area contributed by atoms with Gasteiger partial charge in [-0.15, -0.1) is 0 Å². The van der Waals surface area contributed by atoms with Crippen LogP contribution in [0.5, 0.6) is 0 Å². The van der Waals surface area contributed by atoms with Crippen molar-refractivity contribution in [2.24, 2.45) is 52.3 Å². The van der Waals surface area contributed by atoms with Gasteiger partial charge in [0.2, 0.25) is 0 Å². The molecule has 0 aromatic rings. The predicted octanol–water partition coefficient (Wildman–Crippen LogP) is 7.14. The smallest absolute Gasteiger partial charge is 0.306 e. The van der Waals surface area contributed by atoms with Gasteiger partial charge in [0.25, 0.3) is 0 Å². The SMILES string of the molecule is COC(=O)CC1C=CCC1B([C@H]1C[C@H]2C[C@H]([C@H]1C)C2(C)C)[C@H]1C[C@H]2C[C@H]([C@H]1C)C2(C)C. The highest BCUT2D eigenvalue weighted by molar-refractivity contribution is 6.64. The summed E-state index contributed by atoms with van der Waals surface area (Å²) in [6.07, 6.45) is 12.3. The molecule has 2 unspecified atom stereocenters. The van der Waals surface area contributed by atoms with E-state index in [2.05, 4.69) is 53.7 Å². The van der Waals surface area contributed by atoms with Crippen LogP contribution in [0.15, 0.2) is 12.2 Å². The Balaban J connectivity index is 1.45. The van der Waals surface area contributed by atoms with Gasteiger partial charge in [0, 0.05) is 0 Å². The molecule has 0 aromatic heterocycles. The van der Waals surface area contributed by atoms with Crippen molar-refractivity contribution < 1.29 is 9.53 Å². The highest BCUT2D eigenvalue weighted by Gasteiger charge is 2.63. The predicted molar refractivity (Wildman–Crippen MR) is 129 cm³/mol. The van der Waals surface area contributed by atoms with Gasteiger partial charge in [-0.2, -0.15) is 0 Å². The van der Waals surface area contributed by atoms with E-state index in [-0.39, 0.29) is 5.97 Å². The van der Waals surface area contributed by atoms with E-state index in [9.17, 15) is 4.79 Å². The maximum Gasteiger partial charge on any atom is 0.306 e. The van der Waals surface area contributed by atoms with E-state index >= 15 is 0 Å². The third-order valence-electron chi connectivity index (χ3n) is 12.3. The summed E-state index contributed by atoms with van der Waals surface area (Å²) >= 11 is 0. The fourth-order valence-electron chi connectivity index (χ4n) is 10.0. The van der Waals surface area contributed by atoms with Crippen LogP contribution in [0.2, 0.25) is 17.5 Å². The Morgan fingerprint density at radius 2 is 1.42 bits per heavy atom. The van der Waals surface area contributed by atoms with Crippen LogP contribution in [0.4, 0.5) is 0 Å². The van der Waals surface area contributed by atoms with E-state index in [4.69, 9.17) is 4.74 Å². The number of carbonyl (C=O) groups is 1. The molecule has 0 radical (unpaired) electrons. The first-order valence-corrected chi connectivity index (χ1v) is 13.3. The topological polar surface area (TPSA) is 26.3 Å². The van der Waals surface area contributed by atoms with Gasteiger partial charge in [-0.25, -0.2) is 0 Å². The number of hydrogen-bond donors (Lipinski definition) is 0. The molecule has 10 atom stereocenters. The number of esters is 1. The van der Waals surface area contributed by atoms with Crippen molar-refractivity contribution in [3.63, 3.8) is 0 Å². The number of hydrogen-bond acceptors (Lipinski definition) is 2. The maximum atomic E-state index is 12.2. The number of ether oxygens (including phenoxy) is 1. The molecule has 31 heavy (non-hydrogen) atoms. The third kappa shape index (κ3) is 3.14. The van der Waals surface area contributed by atoms with Crippen LogP contribution in [0.1, 0.15) is 80.1 Å². The van der Waals surface area contributed by atoms with Crippen LogP contribution in [0, 0.1) is 52.3 Å².